The van der Waals surface area contributed by atoms with Crippen LogP contribution in [0.15, 0.2) is 42.9 Å². The van der Waals surface area contributed by atoms with Gasteiger partial charge in [-0.1, -0.05) is 0 Å². The maximum Gasteiger partial charge on any atom is 0.123 e. The highest BCUT2D eigenvalue weighted by Gasteiger charge is 2.22. The maximum absolute atomic E-state index is 6.30. The molecule has 1 saturated carbocycles. The van der Waals surface area contributed by atoms with Gasteiger partial charge in [-0.05, 0) is 62.4 Å². The zero-order chi connectivity index (χ0) is 17.1. The van der Waals surface area contributed by atoms with Crippen molar-refractivity contribution in [1.82, 2.24) is 20.5 Å². The first kappa shape index (κ1) is 16.1. The third-order valence-corrected chi connectivity index (χ3v) is 5.16. The molecule has 1 fully saturated rings. The average Bonchev–Trinajstić information content (AvgIpc) is 3.14. The van der Waals surface area contributed by atoms with Crippen LogP contribution in [0.4, 0.5) is 0 Å². The second-order valence-electron chi connectivity index (χ2n) is 6.85. The zero-order valence-electron chi connectivity index (χ0n) is 14.5. The number of rotatable bonds is 5. The molecule has 25 heavy (non-hydrogen) atoms. The van der Waals surface area contributed by atoms with Crippen LogP contribution in [0, 0.1) is 6.92 Å². The number of hydrogen-bond donors (Lipinski definition) is 2. The van der Waals surface area contributed by atoms with Gasteiger partial charge in [0.1, 0.15) is 5.75 Å². The highest BCUT2D eigenvalue weighted by Crippen LogP contribution is 2.30. The first-order valence-corrected chi connectivity index (χ1v) is 9.01. The molecule has 130 valence electrons. The van der Waals surface area contributed by atoms with Crippen LogP contribution in [0.25, 0.3) is 10.9 Å². The number of H-pyrrole nitrogens is 1. The SMILES string of the molecule is Cc1c(OC2CCC(NCc3ccncc3)CC2)ccc2[nH]ncc12. The Balaban J connectivity index is 1.30. The van der Waals surface area contributed by atoms with Gasteiger partial charge in [-0.2, -0.15) is 5.10 Å². The van der Waals surface area contributed by atoms with Crippen molar-refractivity contribution in [3.8, 4) is 5.75 Å². The molecule has 4 rings (SSSR count). The van der Waals surface area contributed by atoms with Crippen molar-refractivity contribution >= 4 is 10.9 Å². The highest BCUT2D eigenvalue weighted by molar-refractivity contribution is 5.83. The fourth-order valence-corrected chi connectivity index (χ4v) is 3.59. The number of aryl methyl sites for hydroxylation is 1. The molecule has 5 heteroatoms. The van der Waals surface area contributed by atoms with Crippen molar-refractivity contribution in [2.45, 2.75) is 51.3 Å². The van der Waals surface area contributed by atoms with E-state index in [9.17, 15) is 0 Å². The third kappa shape index (κ3) is 3.66. The van der Waals surface area contributed by atoms with Crippen LogP contribution in [0.1, 0.15) is 36.8 Å². The van der Waals surface area contributed by atoms with E-state index in [1.54, 1.807) is 0 Å². The Morgan fingerprint density at radius 3 is 2.72 bits per heavy atom. The van der Waals surface area contributed by atoms with E-state index < -0.39 is 0 Å². The van der Waals surface area contributed by atoms with Gasteiger partial charge in [0.25, 0.3) is 0 Å². The van der Waals surface area contributed by atoms with Crippen LogP contribution in [-0.2, 0) is 6.54 Å². The van der Waals surface area contributed by atoms with Gasteiger partial charge in [0, 0.05) is 35.9 Å². The quantitative estimate of drug-likeness (QED) is 0.745. The van der Waals surface area contributed by atoms with E-state index in [1.807, 2.05) is 24.7 Å². The summed E-state index contributed by atoms with van der Waals surface area (Å²) in [4.78, 5) is 4.06. The fraction of sp³-hybridized carbons (Fsp3) is 0.400. The molecule has 0 aliphatic heterocycles. The predicted octanol–water partition coefficient (Wildman–Crippen LogP) is 3.75. The number of nitrogens with zero attached hydrogens (tertiary/aromatic N) is 2. The molecule has 3 aromatic rings. The van der Waals surface area contributed by atoms with E-state index in [1.165, 1.54) is 11.1 Å². The van der Waals surface area contributed by atoms with E-state index in [0.717, 1.165) is 48.9 Å². The summed E-state index contributed by atoms with van der Waals surface area (Å²) in [5.41, 5.74) is 3.52. The molecule has 1 aromatic carbocycles. The smallest absolute Gasteiger partial charge is 0.123 e. The summed E-state index contributed by atoms with van der Waals surface area (Å²) in [5, 5.41) is 11.9. The van der Waals surface area contributed by atoms with Gasteiger partial charge >= 0.3 is 0 Å². The average molecular weight is 336 g/mol. The van der Waals surface area contributed by atoms with Gasteiger partial charge in [0.05, 0.1) is 17.8 Å². The van der Waals surface area contributed by atoms with Gasteiger partial charge in [0.15, 0.2) is 0 Å². The Labute approximate surface area is 147 Å². The number of ether oxygens (including phenoxy) is 1. The minimum absolute atomic E-state index is 0.307. The summed E-state index contributed by atoms with van der Waals surface area (Å²) in [7, 11) is 0. The van der Waals surface area contributed by atoms with Gasteiger partial charge in [-0.25, -0.2) is 0 Å². The molecule has 2 heterocycles. The molecular weight excluding hydrogens is 312 g/mol. The Hall–Kier alpha value is -2.40. The largest absolute Gasteiger partial charge is 0.490 e. The summed E-state index contributed by atoms with van der Waals surface area (Å²) >= 11 is 0. The van der Waals surface area contributed by atoms with Gasteiger partial charge < -0.3 is 10.1 Å². The number of hydrogen-bond acceptors (Lipinski definition) is 4. The van der Waals surface area contributed by atoms with Gasteiger partial charge in [-0.15, -0.1) is 0 Å². The van der Waals surface area contributed by atoms with Crippen molar-refractivity contribution in [2.75, 3.05) is 0 Å². The highest BCUT2D eigenvalue weighted by atomic mass is 16.5. The molecule has 1 aliphatic rings. The van der Waals surface area contributed by atoms with E-state index >= 15 is 0 Å². The van der Waals surface area contributed by atoms with E-state index in [0.29, 0.717) is 12.1 Å². The summed E-state index contributed by atoms with van der Waals surface area (Å²) in [6, 6.07) is 8.81. The summed E-state index contributed by atoms with van der Waals surface area (Å²) < 4.78 is 6.30. The normalized spacial score (nSPS) is 20.7. The molecule has 5 nitrogen and oxygen atoms in total. The van der Waals surface area contributed by atoms with Crippen LogP contribution >= 0.6 is 0 Å². The van der Waals surface area contributed by atoms with Crippen molar-refractivity contribution in [3.63, 3.8) is 0 Å². The van der Waals surface area contributed by atoms with Crippen LogP contribution < -0.4 is 10.1 Å². The second-order valence-corrected chi connectivity index (χ2v) is 6.85. The van der Waals surface area contributed by atoms with E-state index in [4.69, 9.17) is 4.74 Å². The summed E-state index contributed by atoms with van der Waals surface area (Å²) in [6.07, 6.45) is 10.4. The van der Waals surface area contributed by atoms with Gasteiger partial charge in [0.2, 0.25) is 0 Å². The molecule has 0 spiro atoms. The minimum Gasteiger partial charge on any atom is -0.490 e. The molecule has 0 unspecified atom stereocenters. The van der Waals surface area contributed by atoms with Gasteiger partial charge in [-0.3, -0.25) is 10.1 Å². The lowest BCUT2D eigenvalue weighted by molar-refractivity contribution is 0.138. The van der Waals surface area contributed by atoms with Crippen molar-refractivity contribution in [1.29, 1.82) is 0 Å². The monoisotopic (exact) mass is 336 g/mol. The molecule has 0 amide bonds. The van der Waals surface area contributed by atoms with Crippen LogP contribution in [0.5, 0.6) is 5.75 Å². The lowest BCUT2D eigenvalue weighted by atomic mass is 9.92. The Morgan fingerprint density at radius 1 is 1.12 bits per heavy atom. The Kier molecular flexibility index (Phi) is 4.65. The van der Waals surface area contributed by atoms with Crippen LogP contribution in [0.3, 0.4) is 0 Å². The molecule has 2 aromatic heterocycles. The Bertz CT molecular complexity index is 822. The molecule has 0 saturated heterocycles. The number of pyridine rings is 1. The molecule has 0 bridgehead atoms. The topological polar surface area (TPSA) is 62.8 Å². The second kappa shape index (κ2) is 7.23. The first-order chi connectivity index (χ1) is 12.3. The van der Waals surface area contributed by atoms with E-state index in [-0.39, 0.29) is 0 Å². The minimum atomic E-state index is 0.307. The van der Waals surface area contributed by atoms with Crippen LogP contribution in [0.2, 0.25) is 0 Å². The maximum atomic E-state index is 6.30. The third-order valence-electron chi connectivity index (χ3n) is 5.16. The number of fused-ring (bicyclic) bond motifs is 1. The summed E-state index contributed by atoms with van der Waals surface area (Å²) in [5.74, 6) is 0.988. The molecular formula is C20H24N4O. The molecule has 2 N–H and O–H groups in total. The number of aromatic nitrogens is 3. The lowest BCUT2D eigenvalue weighted by Crippen LogP contribution is -2.36. The van der Waals surface area contributed by atoms with Crippen molar-refractivity contribution in [2.24, 2.45) is 0 Å². The zero-order valence-corrected chi connectivity index (χ0v) is 14.5. The summed E-state index contributed by atoms with van der Waals surface area (Å²) in [6.45, 7) is 3.02. The van der Waals surface area contributed by atoms with E-state index in [2.05, 4.69) is 45.6 Å². The number of nitrogens with one attached hydrogen (secondary N) is 2. The predicted molar refractivity (Wildman–Crippen MR) is 98.6 cm³/mol. The molecule has 1 aliphatic carbocycles. The first-order valence-electron chi connectivity index (χ1n) is 9.01. The van der Waals surface area contributed by atoms with Crippen molar-refractivity contribution in [3.05, 3.63) is 54.0 Å². The molecule has 0 atom stereocenters. The standard InChI is InChI=1S/C20H24N4O/c1-14-18-13-23-24-19(18)6-7-20(14)25-17-4-2-16(3-5-17)22-12-15-8-10-21-11-9-15/h6-11,13,16-17,22H,2-5,12H2,1H3,(H,23,24). The Morgan fingerprint density at radius 2 is 1.92 bits per heavy atom. The van der Waals surface area contributed by atoms with Crippen molar-refractivity contribution < 1.29 is 4.74 Å². The number of benzene rings is 1. The fourth-order valence-electron chi connectivity index (χ4n) is 3.59. The number of aromatic amines is 1. The molecule has 0 radical (unpaired) electrons. The lowest BCUT2D eigenvalue weighted by Gasteiger charge is -2.30. The van der Waals surface area contributed by atoms with Crippen LogP contribution in [-0.4, -0.2) is 27.3 Å².